The minimum absolute atomic E-state index is 0.238. The molecule has 1 aliphatic heterocycles. The van der Waals surface area contributed by atoms with Gasteiger partial charge in [0.2, 0.25) is 0 Å². The van der Waals surface area contributed by atoms with Gasteiger partial charge in [0.15, 0.2) is 0 Å². The van der Waals surface area contributed by atoms with Crippen LogP contribution in [0.4, 0.5) is 10.1 Å². The molecule has 0 amide bonds. The summed E-state index contributed by atoms with van der Waals surface area (Å²) in [5.74, 6) is 0.466. The molecular weight excluding hydrogens is 245 g/mol. The van der Waals surface area contributed by atoms with E-state index in [1.807, 2.05) is 7.05 Å². The van der Waals surface area contributed by atoms with Crippen molar-refractivity contribution >= 4 is 5.69 Å². The van der Waals surface area contributed by atoms with Gasteiger partial charge in [-0.15, -0.1) is 0 Å². The van der Waals surface area contributed by atoms with Crippen LogP contribution in [0.1, 0.15) is 0 Å². The lowest BCUT2D eigenvalue weighted by atomic mass is 10.1. The van der Waals surface area contributed by atoms with Crippen molar-refractivity contribution in [2.45, 2.75) is 6.04 Å². The zero-order chi connectivity index (χ0) is 13.8. The third-order valence-electron chi connectivity index (χ3n) is 3.68. The number of hydrogen-bond donors (Lipinski definition) is 1. The van der Waals surface area contributed by atoms with Gasteiger partial charge in [-0.3, -0.25) is 4.90 Å². The zero-order valence-corrected chi connectivity index (χ0v) is 11.8. The van der Waals surface area contributed by atoms with Crippen LogP contribution in [0.25, 0.3) is 0 Å². The molecule has 0 radical (unpaired) electrons. The molecule has 106 valence electrons. The number of nitrogens with zero attached hydrogens (tertiary/aromatic N) is 2. The van der Waals surface area contributed by atoms with E-state index in [0.717, 1.165) is 31.9 Å². The van der Waals surface area contributed by atoms with Crippen LogP contribution in [-0.4, -0.2) is 58.3 Å². The standard InChI is InChI=1S/C14H22FN3O/c1-17-7-6-16-9-12(17)10-18(2)13-8-11(15)4-5-14(13)19-3/h4-5,8,12,16H,6-7,9-10H2,1-3H3. The van der Waals surface area contributed by atoms with Crippen molar-refractivity contribution in [2.75, 3.05) is 52.3 Å². The molecule has 0 saturated carbocycles. The van der Waals surface area contributed by atoms with Gasteiger partial charge < -0.3 is 15.0 Å². The smallest absolute Gasteiger partial charge is 0.142 e. The molecule has 1 saturated heterocycles. The summed E-state index contributed by atoms with van der Waals surface area (Å²) >= 11 is 0. The van der Waals surface area contributed by atoms with E-state index in [-0.39, 0.29) is 5.82 Å². The Balaban J connectivity index is 2.10. The molecule has 4 nitrogen and oxygen atoms in total. The monoisotopic (exact) mass is 267 g/mol. The highest BCUT2D eigenvalue weighted by atomic mass is 19.1. The topological polar surface area (TPSA) is 27.7 Å². The number of piperazine rings is 1. The van der Waals surface area contributed by atoms with Gasteiger partial charge >= 0.3 is 0 Å². The van der Waals surface area contributed by atoms with Gasteiger partial charge in [0.05, 0.1) is 12.8 Å². The molecule has 2 rings (SSSR count). The first-order valence-electron chi connectivity index (χ1n) is 6.57. The Bertz CT molecular complexity index is 427. The van der Waals surface area contributed by atoms with E-state index < -0.39 is 0 Å². The summed E-state index contributed by atoms with van der Waals surface area (Å²) < 4.78 is 18.7. The van der Waals surface area contributed by atoms with Crippen LogP contribution >= 0.6 is 0 Å². The highest BCUT2D eigenvalue weighted by Gasteiger charge is 2.21. The van der Waals surface area contributed by atoms with Gasteiger partial charge in [0.25, 0.3) is 0 Å². The molecule has 1 fully saturated rings. The molecule has 1 unspecified atom stereocenters. The number of anilines is 1. The second-order valence-corrected chi connectivity index (χ2v) is 5.04. The van der Waals surface area contributed by atoms with Crippen LogP contribution in [0, 0.1) is 5.82 Å². The summed E-state index contributed by atoms with van der Waals surface area (Å²) in [5, 5.41) is 3.39. The first kappa shape index (κ1) is 14.1. The Hall–Kier alpha value is -1.33. The average molecular weight is 267 g/mol. The number of likely N-dealkylation sites (N-methyl/N-ethyl adjacent to an activating group) is 2. The Morgan fingerprint density at radius 3 is 3.00 bits per heavy atom. The number of nitrogens with one attached hydrogen (secondary N) is 1. The number of rotatable bonds is 4. The molecule has 0 aromatic heterocycles. The second kappa shape index (κ2) is 6.21. The summed E-state index contributed by atoms with van der Waals surface area (Å²) in [7, 11) is 5.71. The third-order valence-corrected chi connectivity index (χ3v) is 3.68. The average Bonchev–Trinajstić information content (AvgIpc) is 2.41. The molecule has 0 spiro atoms. The van der Waals surface area contributed by atoms with Crippen molar-refractivity contribution in [3.8, 4) is 5.75 Å². The molecule has 1 aromatic rings. The lowest BCUT2D eigenvalue weighted by Crippen LogP contribution is -2.53. The Morgan fingerprint density at radius 2 is 2.32 bits per heavy atom. The van der Waals surface area contributed by atoms with Crippen LogP contribution in [0.2, 0.25) is 0 Å². The quantitative estimate of drug-likeness (QED) is 0.886. The van der Waals surface area contributed by atoms with E-state index in [2.05, 4.69) is 22.2 Å². The fraction of sp³-hybridized carbons (Fsp3) is 0.571. The number of ether oxygens (including phenoxy) is 1. The summed E-state index contributed by atoms with van der Waals surface area (Å²) in [4.78, 5) is 4.38. The van der Waals surface area contributed by atoms with Crippen LogP contribution in [0.5, 0.6) is 5.75 Å². The van der Waals surface area contributed by atoms with E-state index in [4.69, 9.17) is 4.74 Å². The Labute approximate surface area is 114 Å². The maximum absolute atomic E-state index is 13.4. The number of methoxy groups -OCH3 is 1. The molecule has 0 aliphatic carbocycles. The van der Waals surface area contributed by atoms with E-state index in [9.17, 15) is 4.39 Å². The van der Waals surface area contributed by atoms with Gasteiger partial charge in [0.1, 0.15) is 11.6 Å². The summed E-state index contributed by atoms with van der Waals surface area (Å²) in [5.41, 5.74) is 0.793. The van der Waals surface area contributed by atoms with Crippen LogP contribution in [-0.2, 0) is 0 Å². The SMILES string of the molecule is COc1ccc(F)cc1N(C)CC1CNCCN1C. The maximum Gasteiger partial charge on any atom is 0.142 e. The van der Waals surface area contributed by atoms with Gasteiger partial charge in [0, 0.05) is 45.3 Å². The van der Waals surface area contributed by atoms with Crippen LogP contribution in [0.3, 0.4) is 0 Å². The molecule has 0 bridgehead atoms. The lowest BCUT2D eigenvalue weighted by Gasteiger charge is -2.36. The minimum atomic E-state index is -0.238. The highest BCUT2D eigenvalue weighted by molar-refractivity contribution is 5.58. The molecule has 19 heavy (non-hydrogen) atoms. The van der Waals surface area contributed by atoms with Crippen molar-refractivity contribution < 1.29 is 9.13 Å². The third kappa shape index (κ3) is 3.36. The van der Waals surface area contributed by atoms with Crippen LogP contribution in [0.15, 0.2) is 18.2 Å². The first-order chi connectivity index (χ1) is 9.11. The summed E-state index contributed by atoms with van der Waals surface area (Å²) in [6.07, 6.45) is 0. The van der Waals surface area contributed by atoms with E-state index in [0.29, 0.717) is 11.8 Å². The molecular formula is C14H22FN3O. The maximum atomic E-state index is 13.4. The second-order valence-electron chi connectivity index (χ2n) is 5.04. The van der Waals surface area contributed by atoms with Gasteiger partial charge in [-0.25, -0.2) is 4.39 Å². The van der Waals surface area contributed by atoms with Gasteiger partial charge in [-0.1, -0.05) is 0 Å². The summed E-state index contributed by atoms with van der Waals surface area (Å²) in [6.45, 7) is 3.86. The van der Waals surface area contributed by atoms with Crippen molar-refractivity contribution in [3.05, 3.63) is 24.0 Å². The largest absolute Gasteiger partial charge is 0.495 e. The fourth-order valence-corrected chi connectivity index (χ4v) is 2.44. The van der Waals surface area contributed by atoms with E-state index in [1.54, 1.807) is 13.2 Å². The first-order valence-corrected chi connectivity index (χ1v) is 6.57. The minimum Gasteiger partial charge on any atom is -0.495 e. The van der Waals surface area contributed by atoms with Gasteiger partial charge in [-0.05, 0) is 19.2 Å². The predicted octanol–water partition coefficient (Wildman–Crippen LogP) is 1.17. The normalized spacial score (nSPS) is 20.3. The molecule has 1 N–H and O–H groups in total. The zero-order valence-electron chi connectivity index (χ0n) is 11.8. The lowest BCUT2D eigenvalue weighted by molar-refractivity contribution is 0.204. The van der Waals surface area contributed by atoms with Crippen LogP contribution < -0.4 is 15.0 Å². The van der Waals surface area contributed by atoms with Crippen molar-refractivity contribution in [2.24, 2.45) is 0 Å². The number of hydrogen-bond acceptors (Lipinski definition) is 4. The van der Waals surface area contributed by atoms with Crippen molar-refractivity contribution in [3.63, 3.8) is 0 Å². The van der Waals surface area contributed by atoms with E-state index in [1.165, 1.54) is 12.1 Å². The number of benzene rings is 1. The predicted molar refractivity (Wildman–Crippen MR) is 75.5 cm³/mol. The van der Waals surface area contributed by atoms with Crippen molar-refractivity contribution in [1.82, 2.24) is 10.2 Å². The number of halogens is 1. The molecule has 1 heterocycles. The Kier molecular flexibility index (Phi) is 4.61. The molecule has 5 heteroatoms. The fourth-order valence-electron chi connectivity index (χ4n) is 2.44. The molecule has 1 atom stereocenters. The highest BCUT2D eigenvalue weighted by Crippen LogP contribution is 2.28. The van der Waals surface area contributed by atoms with Crippen molar-refractivity contribution in [1.29, 1.82) is 0 Å². The Morgan fingerprint density at radius 1 is 1.53 bits per heavy atom. The summed E-state index contributed by atoms with van der Waals surface area (Å²) in [6, 6.07) is 5.04. The molecule has 1 aromatic carbocycles. The van der Waals surface area contributed by atoms with Gasteiger partial charge in [-0.2, -0.15) is 0 Å². The molecule has 1 aliphatic rings. The van der Waals surface area contributed by atoms with E-state index >= 15 is 0 Å².